The molecule has 6 heteroatoms. The van der Waals surface area contributed by atoms with Crippen LogP contribution in [0, 0.1) is 11.8 Å². The van der Waals surface area contributed by atoms with Gasteiger partial charge in [0.1, 0.15) is 0 Å². The number of ether oxygens (including phenoxy) is 1. The van der Waals surface area contributed by atoms with Crippen LogP contribution in [0.3, 0.4) is 0 Å². The van der Waals surface area contributed by atoms with Crippen molar-refractivity contribution < 1.29 is 19.4 Å². The van der Waals surface area contributed by atoms with E-state index in [-0.39, 0.29) is 30.5 Å². The lowest BCUT2D eigenvalue weighted by Gasteiger charge is -2.22. The van der Waals surface area contributed by atoms with Crippen molar-refractivity contribution >= 4 is 12.0 Å². The highest BCUT2D eigenvalue weighted by Gasteiger charge is 2.27. The maximum atomic E-state index is 11.8. The number of carboxylic acids is 1. The Labute approximate surface area is 120 Å². The fourth-order valence-corrected chi connectivity index (χ4v) is 2.46. The van der Waals surface area contributed by atoms with Gasteiger partial charge in [0.15, 0.2) is 0 Å². The molecular weight excluding hydrogens is 260 g/mol. The third-order valence-corrected chi connectivity index (χ3v) is 3.79. The smallest absolute Gasteiger partial charge is 0.315 e. The molecule has 1 fully saturated rings. The number of carboxylic acid groups (broad SMARTS) is 1. The fourth-order valence-electron chi connectivity index (χ4n) is 2.46. The Balaban J connectivity index is 2.36. The van der Waals surface area contributed by atoms with Gasteiger partial charge >= 0.3 is 12.0 Å². The third-order valence-electron chi connectivity index (χ3n) is 3.79. The van der Waals surface area contributed by atoms with Crippen molar-refractivity contribution in [1.29, 1.82) is 0 Å². The summed E-state index contributed by atoms with van der Waals surface area (Å²) in [5.41, 5.74) is 0. The molecule has 1 saturated heterocycles. The zero-order valence-corrected chi connectivity index (χ0v) is 12.5. The van der Waals surface area contributed by atoms with E-state index in [4.69, 9.17) is 9.84 Å². The Morgan fingerprint density at radius 1 is 1.40 bits per heavy atom. The molecule has 2 amide bonds. The van der Waals surface area contributed by atoms with Crippen LogP contribution in [0.5, 0.6) is 0 Å². The summed E-state index contributed by atoms with van der Waals surface area (Å²) in [7, 11) is 0. The number of amides is 2. The summed E-state index contributed by atoms with van der Waals surface area (Å²) in [5, 5.41) is 14.4. The molecule has 1 aliphatic rings. The van der Waals surface area contributed by atoms with E-state index < -0.39 is 5.97 Å². The molecule has 116 valence electrons. The number of urea groups is 1. The first kappa shape index (κ1) is 16.8. The molecule has 0 spiro atoms. The van der Waals surface area contributed by atoms with E-state index in [0.29, 0.717) is 12.5 Å². The van der Waals surface area contributed by atoms with Gasteiger partial charge in [-0.1, -0.05) is 20.8 Å². The molecule has 3 atom stereocenters. The highest BCUT2D eigenvalue weighted by Crippen LogP contribution is 2.22. The van der Waals surface area contributed by atoms with Crippen molar-refractivity contribution in [3.63, 3.8) is 0 Å². The standard InChI is InChI=1S/C14H26N2O4/c1-4-12-10(5-6-20-12)8-15-14(19)16-11(9(2)3)7-13(17)18/h9-12H,4-8H2,1-3H3,(H,17,18)(H2,15,16,19). The van der Waals surface area contributed by atoms with Gasteiger partial charge in [0.2, 0.25) is 0 Å². The lowest BCUT2D eigenvalue weighted by atomic mass is 9.99. The van der Waals surface area contributed by atoms with Gasteiger partial charge in [0, 0.05) is 25.1 Å². The van der Waals surface area contributed by atoms with Gasteiger partial charge in [-0.15, -0.1) is 0 Å². The lowest BCUT2D eigenvalue weighted by molar-refractivity contribution is -0.137. The van der Waals surface area contributed by atoms with Crippen molar-refractivity contribution in [3.05, 3.63) is 0 Å². The molecule has 0 aromatic heterocycles. The second-order valence-corrected chi connectivity index (χ2v) is 5.67. The molecule has 1 heterocycles. The molecule has 3 N–H and O–H groups in total. The van der Waals surface area contributed by atoms with Crippen molar-refractivity contribution in [2.45, 2.75) is 52.2 Å². The number of hydrogen-bond donors (Lipinski definition) is 3. The number of nitrogens with one attached hydrogen (secondary N) is 2. The van der Waals surface area contributed by atoms with Crippen molar-refractivity contribution in [1.82, 2.24) is 10.6 Å². The van der Waals surface area contributed by atoms with Crippen molar-refractivity contribution in [3.8, 4) is 0 Å². The van der Waals surface area contributed by atoms with E-state index in [1.54, 1.807) is 0 Å². The first-order chi connectivity index (χ1) is 9.43. The van der Waals surface area contributed by atoms with Crippen LogP contribution in [0.25, 0.3) is 0 Å². The molecule has 0 aromatic rings. The average molecular weight is 286 g/mol. The van der Waals surface area contributed by atoms with Crippen LogP contribution in [0.15, 0.2) is 0 Å². The molecular formula is C14H26N2O4. The van der Waals surface area contributed by atoms with E-state index in [1.807, 2.05) is 13.8 Å². The van der Waals surface area contributed by atoms with Gasteiger partial charge < -0.3 is 20.5 Å². The Morgan fingerprint density at radius 3 is 2.65 bits per heavy atom. The summed E-state index contributed by atoms with van der Waals surface area (Å²) < 4.78 is 5.57. The molecule has 0 aromatic carbocycles. The molecule has 0 saturated carbocycles. The van der Waals surface area contributed by atoms with E-state index >= 15 is 0 Å². The van der Waals surface area contributed by atoms with Gasteiger partial charge in [0.25, 0.3) is 0 Å². The first-order valence-corrected chi connectivity index (χ1v) is 7.31. The second-order valence-electron chi connectivity index (χ2n) is 5.67. The fraction of sp³-hybridized carbons (Fsp3) is 0.857. The van der Waals surface area contributed by atoms with Gasteiger partial charge in [0.05, 0.1) is 12.5 Å². The first-order valence-electron chi connectivity index (χ1n) is 7.31. The van der Waals surface area contributed by atoms with E-state index in [1.165, 1.54) is 0 Å². The molecule has 0 radical (unpaired) electrons. The van der Waals surface area contributed by atoms with E-state index in [0.717, 1.165) is 19.4 Å². The number of rotatable bonds is 7. The van der Waals surface area contributed by atoms with Gasteiger partial charge in [-0.05, 0) is 18.8 Å². The molecule has 6 nitrogen and oxygen atoms in total. The van der Waals surface area contributed by atoms with Crippen molar-refractivity contribution in [2.75, 3.05) is 13.2 Å². The maximum absolute atomic E-state index is 11.8. The Hall–Kier alpha value is -1.30. The molecule has 1 aliphatic heterocycles. The summed E-state index contributed by atoms with van der Waals surface area (Å²) >= 11 is 0. The quantitative estimate of drug-likeness (QED) is 0.663. The lowest BCUT2D eigenvalue weighted by Crippen LogP contribution is -2.47. The van der Waals surface area contributed by atoms with Crippen LogP contribution < -0.4 is 10.6 Å². The molecule has 0 aliphatic carbocycles. The summed E-state index contributed by atoms with van der Waals surface area (Å²) in [5.74, 6) is -0.475. The highest BCUT2D eigenvalue weighted by molar-refractivity contribution is 5.75. The summed E-state index contributed by atoms with van der Waals surface area (Å²) in [4.78, 5) is 22.6. The van der Waals surface area contributed by atoms with E-state index in [2.05, 4.69) is 17.6 Å². The number of carbonyl (C=O) groups is 2. The molecule has 3 unspecified atom stereocenters. The minimum Gasteiger partial charge on any atom is -0.481 e. The zero-order valence-electron chi connectivity index (χ0n) is 12.5. The van der Waals surface area contributed by atoms with E-state index in [9.17, 15) is 9.59 Å². The number of hydrogen-bond acceptors (Lipinski definition) is 3. The maximum Gasteiger partial charge on any atom is 0.315 e. The Kier molecular flexibility index (Phi) is 6.78. The highest BCUT2D eigenvalue weighted by atomic mass is 16.5. The predicted octanol–water partition coefficient (Wildman–Crippen LogP) is 1.60. The largest absolute Gasteiger partial charge is 0.481 e. The minimum atomic E-state index is -0.903. The number of carbonyl (C=O) groups excluding carboxylic acids is 1. The van der Waals surface area contributed by atoms with Gasteiger partial charge in [-0.3, -0.25) is 4.79 Å². The summed E-state index contributed by atoms with van der Waals surface area (Å²) in [6.45, 7) is 7.19. The summed E-state index contributed by atoms with van der Waals surface area (Å²) in [6.07, 6.45) is 2.06. The van der Waals surface area contributed by atoms with Crippen LogP contribution in [-0.4, -0.2) is 42.4 Å². The van der Waals surface area contributed by atoms with Crippen LogP contribution in [0.2, 0.25) is 0 Å². The predicted molar refractivity (Wildman–Crippen MR) is 75.6 cm³/mol. The van der Waals surface area contributed by atoms with Crippen LogP contribution in [0.1, 0.15) is 40.0 Å². The Bertz CT molecular complexity index is 333. The zero-order chi connectivity index (χ0) is 15.1. The topological polar surface area (TPSA) is 87.7 Å². The van der Waals surface area contributed by atoms with Crippen molar-refractivity contribution in [2.24, 2.45) is 11.8 Å². The minimum absolute atomic E-state index is 0.0603. The molecule has 0 bridgehead atoms. The van der Waals surface area contributed by atoms with Crippen LogP contribution >= 0.6 is 0 Å². The third kappa shape index (κ3) is 5.36. The van der Waals surface area contributed by atoms with Gasteiger partial charge in [-0.2, -0.15) is 0 Å². The SMILES string of the molecule is CCC1OCCC1CNC(=O)NC(CC(=O)O)C(C)C. The van der Waals surface area contributed by atoms with Crippen LogP contribution in [0.4, 0.5) is 4.79 Å². The van der Waals surface area contributed by atoms with Crippen LogP contribution in [-0.2, 0) is 9.53 Å². The normalized spacial score (nSPS) is 23.6. The summed E-state index contributed by atoms with van der Waals surface area (Å²) in [6, 6.07) is -0.652. The van der Waals surface area contributed by atoms with Gasteiger partial charge in [-0.25, -0.2) is 4.79 Å². The Morgan fingerprint density at radius 2 is 2.10 bits per heavy atom. The number of aliphatic carboxylic acids is 1. The molecule has 20 heavy (non-hydrogen) atoms. The average Bonchev–Trinajstić information content (AvgIpc) is 2.82. The monoisotopic (exact) mass is 286 g/mol. The molecule has 1 rings (SSSR count). The second kappa shape index (κ2) is 8.09.